The van der Waals surface area contributed by atoms with Crippen LogP contribution in [-0.2, 0) is 14.6 Å². The van der Waals surface area contributed by atoms with Gasteiger partial charge >= 0.3 is 0 Å². The SMILES string of the molecule is O=C(Nc1nc(-c2ccc3c(c2)OCCO3)cs1)C1CCS(=O)(=O)C1. The number of amides is 1. The van der Waals surface area contributed by atoms with Crippen LogP contribution in [0.4, 0.5) is 5.13 Å². The summed E-state index contributed by atoms with van der Waals surface area (Å²) in [6.45, 7) is 1.05. The van der Waals surface area contributed by atoms with E-state index in [0.29, 0.717) is 36.3 Å². The second-order valence-corrected chi connectivity index (χ2v) is 9.07. The molecule has 2 aliphatic heterocycles. The van der Waals surface area contributed by atoms with Crippen LogP contribution in [0, 0.1) is 5.92 Å². The van der Waals surface area contributed by atoms with Crippen LogP contribution in [0.25, 0.3) is 11.3 Å². The number of aromatic nitrogens is 1. The van der Waals surface area contributed by atoms with Crippen LogP contribution in [0.1, 0.15) is 6.42 Å². The normalized spacial score (nSPS) is 21.0. The van der Waals surface area contributed by atoms with E-state index in [1.165, 1.54) is 11.3 Å². The molecular formula is C16H16N2O5S2. The van der Waals surface area contributed by atoms with E-state index in [0.717, 1.165) is 11.3 Å². The number of nitrogens with one attached hydrogen (secondary N) is 1. The highest BCUT2D eigenvalue weighted by atomic mass is 32.2. The number of carbonyl (C=O) groups is 1. The summed E-state index contributed by atoms with van der Waals surface area (Å²) < 4.78 is 34.0. The zero-order chi connectivity index (χ0) is 17.4. The first kappa shape index (κ1) is 16.3. The Labute approximate surface area is 148 Å². The Kier molecular flexibility index (Phi) is 4.12. The largest absolute Gasteiger partial charge is 0.486 e. The lowest BCUT2D eigenvalue weighted by molar-refractivity contribution is -0.119. The molecule has 1 N–H and O–H groups in total. The third kappa shape index (κ3) is 3.47. The molecule has 1 aromatic heterocycles. The molecule has 25 heavy (non-hydrogen) atoms. The molecule has 0 spiro atoms. The predicted octanol–water partition coefficient (Wildman–Crippen LogP) is 1.95. The lowest BCUT2D eigenvalue weighted by Gasteiger charge is -2.18. The van der Waals surface area contributed by atoms with Crippen molar-refractivity contribution in [1.82, 2.24) is 4.98 Å². The Bertz CT molecular complexity index is 922. The summed E-state index contributed by atoms with van der Waals surface area (Å²) in [5.41, 5.74) is 1.58. The van der Waals surface area contributed by atoms with Gasteiger partial charge in [0.1, 0.15) is 13.2 Å². The minimum atomic E-state index is -3.08. The predicted molar refractivity (Wildman–Crippen MR) is 93.9 cm³/mol. The van der Waals surface area contributed by atoms with Gasteiger partial charge in [-0.05, 0) is 24.6 Å². The van der Waals surface area contributed by atoms with E-state index in [4.69, 9.17) is 9.47 Å². The molecule has 1 atom stereocenters. The van der Waals surface area contributed by atoms with Crippen LogP contribution in [0.2, 0.25) is 0 Å². The monoisotopic (exact) mass is 380 g/mol. The summed E-state index contributed by atoms with van der Waals surface area (Å²) in [4.78, 5) is 16.6. The number of benzene rings is 1. The van der Waals surface area contributed by atoms with Gasteiger partial charge in [-0.25, -0.2) is 13.4 Å². The van der Waals surface area contributed by atoms with E-state index in [9.17, 15) is 13.2 Å². The maximum atomic E-state index is 12.2. The van der Waals surface area contributed by atoms with Crippen LogP contribution in [0.5, 0.6) is 11.5 Å². The van der Waals surface area contributed by atoms with Crippen molar-refractivity contribution in [2.45, 2.75) is 6.42 Å². The number of fused-ring (bicyclic) bond motifs is 1. The lowest BCUT2D eigenvalue weighted by atomic mass is 10.1. The Morgan fingerprint density at radius 2 is 2.04 bits per heavy atom. The van der Waals surface area contributed by atoms with Crippen LogP contribution >= 0.6 is 11.3 Å². The Morgan fingerprint density at radius 1 is 1.24 bits per heavy atom. The molecule has 0 aliphatic carbocycles. The van der Waals surface area contributed by atoms with Gasteiger partial charge in [0.05, 0.1) is 23.1 Å². The summed E-state index contributed by atoms with van der Waals surface area (Å²) in [6.07, 6.45) is 0.370. The first-order valence-electron chi connectivity index (χ1n) is 7.87. The zero-order valence-corrected chi connectivity index (χ0v) is 14.9. The van der Waals surface area contributed by atoms with Crippen molar-refractivity contribution in [2.24, 2.45) is 5.92 Å². The highest BCUT2D eigenvalue weighted by Crippen LogP contribution is 2.35. The van der Waals surface area contributed by atoms with Gasteiger partial charge in [0.15, 0.2) is 26.5 Å². The number of hydrogen-bond acceptors (Lipinski definition) is 7. The molecule has 132 valence electrons. The fourth-order valence-corrected chi connectivity index (χ4v) is 5.34. The van der Waals surface area contributed by atoms with Crippen LogP contribution in [0.3, 0.4) is 0 Å². The maximum Gasteiger partial charge on any atom is 0.230 e. The number of anilines is 1. The van der Waals surface area contributed by atoms with Crippen molar-refractivity contribution in [2.75, 3.05) is 30.0 Å². The highest BCUT2D eigenvalue weighted by molar-refractivity contribution is 7.91. The average molecular weight is 380 g/mol. The second kappa shape index (κ2) is 6.30. The van der Waals surface area contributed by atoms with Crippen molar-refractivity contribution >= 4 is 32.2 Å². The van der Waals surface area contributed by atoms with Gasteiger partial charge in [-0.3, -0.25) is 4.79 Å². The molecule has 2 aromatic rings. The molecule has 4 rings (SSSR count). The van der Waals surface area contributed by atoms with E-state index >= 15 is 0 Å². The molecule has 0 bridgehead atoms. The number of carbonyl (C=O) groups excluding carboxylic acids is 1. The Hall–Kier alpha value is -2.13. The van der Waals surface area contributed by atoms with E-state index in [2.05, 4.69) is 10.3 Å². The average Bonchev–Trinajstić information content (AvgIpc) is 3.20. The van der Waals surface area contributed by atoms with Gasteiger partial charge < -0.3 is 14.8 Å². The molecule has 0 saturated carbocycles. The number of hydrogen-bond donors (Lipinski definition) is 1. The number of sulfone groups is 1. The standard InChI is InChI=1S/C16H16N2O5S2/c19-15(11-3-6-25(20,21)9-11)18-16-17-12(8-24-16)10-1-2-13-14(7-10)23-5-4-22-13/h1-2,7-8,11H,3-6,9H2,(H,17,18,19). The second-order valence-electron chi connectivity index (χ2n) is 5.99. The van der Waals surface area contributed by atoms with Crippen LogP contribution in [0.15, 0.2) is 23.6 Å². The summed E-state index contributed by atoms with van der Waals surface area (Å²) in [7, 11) is -3.08. The molecule has 2 aliphatic rings. The van der Waals surface area contributed by atoms with Crippen molar-refractivity contribution < 1.29 is 22.7 Å². The third-order valence-electron chi connectivity index (χ3n) is 4.18. The molecule has 1 aromatic carbocycles. The Morgan fingerprint density at radius 3 is 2.80 bits per heavy atom. The van der Waals surface area contributed by atoms with Crippen molar-refractivity contribution in [3.05, 3.63) is 23.6 Å². The van der Waals surface area contributed by atoms with Crippen LogP contribution in [-0.4, -0.2) is 44.0 Å². The minimum absolute atomic E-state index is 0.0748. The van der Waals surface area contributed by atoms with Gasteiger partial charge in [0.2, 0.25) is 5.91 Å². The van der Waals surface area contributed by atoms with E-state index in [1.807, 2.05) is 23.6 Å². The molecule has 1 saturated heterocycles. The van der Waals surface area contributed by atoms with Gasteiger partial charge in [0.25, 0.3) is 0 Å². The summed E-state index contributed by atoms with van der Waals surface area (Å²) >= 11 is 1.30. The minimum Gasteiger partial charge on any atom is -0.486 e. The first-order valence-corrected chi connectivity index (χ1v) is 10.6. The van der Waals surface area contributed by atoms with Gasteiger partial charge in [-0.2, -0.15) is 0 Å². The van der Waals surface area contributed by atoms with Gasteiger partial charge in [0, 0.05) is 10.9 Å². The van der Waals surface area contributed by atoms with Crippen molar-refractivity contribution in [3.8, 4) is 22.8 Å². The smallest absolute Gasteiger partial charge is 0.230 e. The quantitative estimate of drug-likeness (QED) is 0.875. The number of ether oxygens (including phenoxy) is 2. The van der Waals surface area contributed by atoms with Crippen molar-refractivity contribution in [3.63, 3.8) is 0 Å². The fraction of sp³-hybridized carbons (Fsp3) is 0.375. The molecule has 1 amide bonds. The maximum absolute atomic E-state index is 12.2. The lowest BCUT2D eigenvalue weighted by Crippen LogP contribution is -2.23. The number of nitrogens with zero attached hydrogens (tertiary/aromatic N) is 1. The zero-order valence-electron chi connectivity index (χ0n) is 13.2. The Balaban J connectivity index is 1.48. The number of rotatable bonds is 3. The van der Waals surface area contributed by atoms with E-state index in [-0.39, 0.29) is 17.4 Å². The van der Waals surface area contributed by atoms with Crippen LogP contribution < -0.4 is 14.8 Å². The molecule has 1 unspecified atom stereocenters. The van der Waals surface area contributed by atoms with E-state index < -0.39 is 15.8 Å². The summed E-state index contributed by atoms with van der Waals surface area (Å²) in [5.74, 6) is 0.598. The summed E-state index contributed by atoms with van der Waals surface area (Å²) in [5, 5.41) is 5.02. The topological polar surface area (TPSA) is 94.6 Å². The van der Waals surface area contributed by atoms with Crippen molar-refractivity contribution in [1.29, 1.82) is 0 Å². The first-order chi connectivity index (χ1) is 12.0. The van der Waals surface area contributed by atoms with E-state index in [1.54, 1.807) is 0 Å². The number of thiazole rings is 1. The molecule has 1 fully saturated rings. The fourth-order valence-electron chi connectivity index (χ4n) is 2.88. The molecular weight excluding hydrogens is 364 g/mol. The summed E-state index contributed by atoms with van der Waals surface area (Å²) in [6, 6.07) is 5.58. The van der Waals surface area contributed by atoms with Gasteiger partial charge in [-0.15, -0.1) is 11.3 Å². The molecule has 9 heteroatoms. The highest BCUT2D eigenvalue weighted by Gasteiger charge is 2.33. The molecule has 0 radical (unpaired) electrons. The van der Waals surface area contributed by atoms with Gasteiger partial charge in [-0.1, -0.05) is 0 Å². The molecule has 7 nitrogen and oxygen atoms in total. The molecule has 3 heterocycles. The third-order valence-corrected chi connectivity index (χ3v) is 6.70.